The first kappa shape index (κ1) is 30.6. The number of hydrogen-bond acceptors (Lipinski definition) is 4. The van der Waals surface area contributed by atoms with Gasteiger partial charge in [-0.05, 0) is 61.2 Å². The van der Waals surface area contributed by atoms with E-state index in [9.17, 15) is 22.8 Å². The number of amides is 1. The Hall–Kier alpha value is -3.65. The fourth-order valence-electron chi connectivity index (χ4n) is 3.92. The van der Waals surface area contributed by atoms with E-state index in [0.29, 0.717) is 31.5 Å². The van der Waals surface area contributed by atoms with Crippen molar-refractivity contribution in [2.75, 3.05) is 20.7 Å². The summed E-state index contributed by atoms with van der Waals surface area (Å²) in [5.41, 5.74) is 2.31. The maximum Gasteiger partial charge on any atom is 0.416 e. The fourth-order valence-corrected chi connectivity index (χ4v) is 3.92. The topological polar surface area (TPSA) is 58.6 Å². The summed E-state index contributed by atoms with van der Waals surface area (Å²) in [6, 6.07) is 23.1. The van der Waals surface area contributed by atoms with Gasteiger partial charge in [0.2, 0.25) is 6.41 Å². The summed E-state index contributed by atoms with van der Waals surface area (Å²) in [6.07, 6.45) is 0.261. The van der Waals surface area contributed by atoms with Gasteiger partial charge in [-0.2, -0.15) is 13.2 Å². The molecular formula is C30H35F3N2O3. The number of carbonyl (C=O) groups is 2. The third-order valence-corrected chi connectivity index (χ3v) is 6.07. The van der Waals surface area contributed by atoms with Crippen LogP contribution in [-0.4, -0.2) is 44.3 Å². The van der Waals surface area contributed by atoms with Crippen molar-refractivity contribution >= 4 is 12.7 Å². The van der Waals surface area contributed by atoms with E-state index in [4.69, 9.17) is 4.74 Å². The number of ether oxygens (including phenoxy) is 1. The first-order valence-electron chi connectivity index (χ1n) is 12.4. The summed E-state index contributed by atoms with van der Waals surface area (Å²) in [5.74, 6) is 0.852. The molecule has 3 aromatic carbocycles. The molecule has 3 aromatic rings. The van der Waals surface area contributed by atoms with Crippen molar-refractivity contribution in [3.63, 3.8) is 0 Å². The minimum absolute atomic E-state index is 0.0231. The lowest BCUT2D eigenvalue weighted by molar-refractivity contribution is -0.137. The maximum atomic E-state index is 12.9. The molecule has 204 valence electrons. The number of aryl methyl sites for hydroxylation is 2. The predicted octanol–water partition coefficient (Wildman–Crippen LogP) is 5.71. The molecule has 0 aliphatic heterocycles. The molecule has 0 unspecified atom stereocenters. The highest BCUT2D eigenvalue weighted by Gasteiger charge is 2.30. The SMILES string of the molecule is CN(Cc1cccc(C(F)(F)F)c1)[C@@H](CCc1ccccc1)CNC=O.COc1ccc(CCC=O)cc1. The second-order valence-corrected chi connectivity index (χ2v) is 8.87. The molecule has 0 fully saturated rings. The van der Waals surface area contributed by atoms with Gasteiger partial charge < -0.3 is 14.8 Å². The van der Waals surface area contributed by atoms with E-state index < -0.39 is 11.7 Å². The lowest BCUT2D eigenvalue weighted by atomic mass is 10.0. The number of aldehydes is 1. The molecule has 38 heavy (non-hydrogen) atoms. The van der Waals surface area contributed by atoms with Crippen molar-refractivity contribution < 1.29 is 27.5 Å². The van der Waals surface area contributed by atoms with Gasteiger partial charge >= 0.3 is 6.18 Å². The zero-order chi connectivity index (χ0) is 27.8. The first-order valence-corrected chi connectivity index (χ1v) is 12.4. The van der Waals surface area contributed by atoms with Gasteiger partial charge in [0.15, 0.2) is 0 Å². The van der Waals surface area contributed by atoms with E-state index in [-0.39, 0.29) is 6.04 Å². The molecule has 0 saturated carbocycles. The summed E-state index contributed by atoms with van der Waals surface area (Å²) < 4.78 is 43.6. The zero-order valence-electron chi connectivity index (χ0n) is 21.8. The lowest BCUT2D eigenvalue weighted by Gasteiger charge is -2.28. The number of hydrogen-bond donors (Lipinski definition) is 1. The van der Waals surface area contributed by atoms with Crippen LogP contribution in [0.5, 0.6) is 5.75 Å². The molecule has 5 nitrogen and oxygen atoms in total. The van der Waals surface area contributed by atoms with E-state index in [2.05, 4.69) is 5.32 Å². The third kappa shape index (κ3) is 11.2. The highest BCUT2D eigenvalue weighted by molar-refractivity contribution is 5.50. The standard InChI is InChI=1S/C20H23F3N2O.C10H12O2/c1-25(14-17-8-5-9-18(12-17)20(21,22)23)19(13-24-15-26)11-10-16-6-3-2-4-7-16;1-12-10-6-4-9(5-7-10)3-2-8-11/h2-9,12,15,19H,10-11,13-14H2,1H3,(H,24,26);4-8H,2-3H2,1H3/t19-;/m0./s1. The quantitative estimate of drug-likeness (QED) is 0.289. The first-order chi connectivity index (χ1) is 18.3. The van der Waals surface area contributed by atoms with Crippen molar-refractivity contribution in [2.45, 2.75) is 44.4 Å². The molecule has 1 N–H and O–H groups in total. The number of rotatable bonds is 13. The van der Waals surface area contributed by atoms with Crippen molar-refractivity contribution in [3.8, 4) is 5.75 Å². The number of halogens is 3. The number of methoxy groups -OCH3 is 1. The van der Waals surface area contributed by atoms with Gasteiger partial charge in [0.25, 0.3) is 0 Å². The van der Waals surface area contributed by atoms with Crippen molar-refractivity contribution in [1.82, 2.24) is 10.2 Å². The van der Waals surface area contributed by atoms with Crippen molar-refractivity contribution in [3.05, 3.63) is 101 Å². The monoisotopic (exact) mass is 528 g/mol. The molecule has 1 atom stereocenters. The Morgan fingerprint density at radius 3 is 2.16 bits per heavy atom. The third-order valence-electron chi connectivity index (χ3n) is 6.07. The number of benzene rings is 3. The summed E-state index contributed by atoms with van der Waals surface area (Å²) >= 11 is 0. The smallest absolute Gasteiger partial charge is 0.416 e. The Morgan fingerprint density at radius 2 is 1.55 bits per heavy atom. The molecule has 1 amide bonds. The van der Waals surface area contributed by atoms with Crippen LogP contribution in [0.25, 0.3) is 0 Å². The van der Waals surface area contributed by atoms with Crippen molar-refractivity contribution in [1.29, 1.82) is 0 Å². The molecule has 0 aromatic heterocycles. The summed E-state index contributed by atoms with van der Waals surface area (Å²) in [4.78, 5) is 22.7. The fraction of sp³-hybridized carbons (Fsp3) is 0.333. The Kier molecular flexibility index (Phi) is 13.1. The number of nitrogens with zero attached hydrogens (tertiary/aromatic N) is 1. The second-order valence-electron chi connectivity index (χ2n) is 8.87. The maximum absolute atomic E-state index is 12.9. The summed E-state index contributed by atoms with van der Waals surface area (Å²) in [7, 11) is 3.50. The summed E-state index contributed by atoms with van der Waals surface area (Å²) in [5, 5.41) is 2.68. The molecule has 0 heterocycles. The molecule has 0 aliphatic carbocycles. The van der Waals surface area contributed by atoms with Gasteiger partial charge in [0, 0.05) is 25.6 Å². The van der Waals surface area contributed by atoms with Crippen molar-refractivity contribution in [2.24, 2.45) is 0 Å². The van der Waals surface area contributed by atoms with E-state index in [0.717, 1.165) is 37.4 Å². The molecule has 0 aliphatic rings. The molecule has 0 saturated heterocycles. The summed E-state index contributed by atoms with van der Waals surface area (Å²) in [6.45, 7) is 0.829. The highest BCUT2D eigenvalue weighted by atomic mass is 19.4. The normalized spacial score (nSPS) is 11.7. The molecule has 0 radical (unpaired) electrons. The average Bonchev–Trinajstić information content (AvgIpc) is 2.93. The van der Waals surface area contributed by atoms with Gasteiger partial charge in [0.1, 0.15) is 12.0 Å². The van der Waals surface area contributed by atoms with Gasteiger partial charge in [0.05, 0.1) is 12.7 Å². The number of likely N-dealkylation sites (N-methyl/N-ethyl adjacent to an activating group) is 1. The largest absolute Gasteiger partial charge is 0.497 e. The van der Waals surface area contributed by atoms with Gasteiger partial charge in [-0.3, -0.25) is 9.69 Å². The molecular weight excluding hydrogens is 493 g/mol. The second kappa shape index (κ2) is 16.2. The Bertz CT molecular complexity index is 1090. The minimum Gasteiger partial charge on any atom is -0.497 e. The number of alkyl halides is 3. The Labute approximate surface area is 222 Å². The van der Waals surface area contributed by atoms with E-state index in [1.165, 1.54) is 23.3 Å². The molecule has 0 spiro atoms. The van der Waals surface area contributed by atoms with E-state index in [1.54, 1.807) is 13.2 Å². The van der Waals surface area contributed by atoms with Crippen LogP contribution >= 0.6 is 0 Å². The highest BCUT2D eigenvalue weighted by Crippen LogP contribution is 2.29. The van der Waals surface area contributed by atoms with Crippen LogP contribution in [0.4, 0.5) is 13.2 Å². The number of nitrogens with one attached hydrogen (secondary N) is 1. The Balaban J connectivity index is 0.000000352. The van der Waals surface area contributed by atoms with Gasteiger partial charge in [-0.15, -0.1) is 0 Å². The Morgan fingerprint density at radius 1 is 0.895 bits per heavy atom. The van der Waals surface area contributed by atoms with Crippen LogP contribution in [0.3, 0.4) is 0 Å². The van der Waals surface area contributed by atoms with E-state index in [1.807, 2.05) is 66.5 Å². The minimum atomic E-state index is -4.35. The van der Waals surface area contributed by atoms with Gasteiger partial charge in [-0.25, -0.2) is 0 Å². The van der Waals surface area contributed by atoms with Crippen LogP contribution in [0.1, 0.15) is 35.1 Å². The zero-order valence-corrected chi connectivity index (χ0v) is 21.8. The molecule has 0 bridgehead atoms. The van der Waals surface area contributed by atoms with Crippen LogP contribution in [0, 0.1) is 0 Å². The average molecular weight is 529 g/mol. The van der Waals surface area contributed by atoms with Crippen LogP contribution in [0.15, 0.2) is 78.9 Å². The predicted molar refractivity (Wildman–Crippen MR) is 143 cm³/mol. The van der Waals surface area contributed by atoms with Crippen LogP contribution in [-0.2, 0) is 35.2 Å². The molecule has 3 rings (SSSR count). The van der Waals surface area contributed by atoms with Gasteiger partial charge in [-0.1, -0.05) is 60.7 Å². The van der Waals surface area contributed by atoms with Crippen LogP contribution in [0.2, 0.25) is 0 Å². The number of carbonyl (C=O) groups excluding carboxylic acids is 2. The van der Waals surface area contributed by atoms with E-state index >= 15 is 0 Å². The van der Waals surface area contributed by atoms with Crippen LogP contribution < -0.4 is 10.1 Å². The lowest BCUT2D eigenvalue weighted by Crippen LogP contribution is -2.39. The molecule has 8 heteroatoms.